The summed E-state index contributed by atoms with van der Waals surface area (Å²) in [6, 6.07) is 15.0. The minimum absolute atomic E-state index is 0.228. The molecule has 2 nitrogen and oxygen atoms in total. The lowest BCUT2D eigenvalue weighted by Crippen LogP contribution is -2.24. The van der Waals surface area contributed by atoms with Gasteiger partial charge in [0, 0.05) is 16.5 Å². The lowest BCUT2D eigenvalue weighted by molar-refractivity contribution is 0.107. The fourth-order valence-corrected chi connectivity index (χ4v) is 6.24. The third-order valence-electron chi connectivity index (χ3n) is 4.56. The first-order chi connectivity index (χ1) is 11.5. The first-order valence-electron chi connectivity index (χ1n) is 8.15. The normalized spacial score (nSPS) is 19.0. The zero-order chi connectivity index (χ0) is 17.2. The Morgan fingerprint density at radius 1 is 0.958 bits per heavy atom. The van der Waals surface area contributed by atoms with Crippen LogP contribution in [0.4, 0.5) is 0 Å². The van der Waals surface area contributed by atoms with E-state index in [0.29, 0.717) is 17.3 Å². The standard InChI is InChI=1S/C21H21O2P/c1-16-10-9-11-17(2)20(16)21(22)24(23,18-12-5-3-6-13-18)19-14-7-4-8-15-19/h3-14,19H,15H2,1-2H3. The first kappa shape index (κ1) is 16.7. The molecule has 0 bridgehead atoms. The van der Waals surface area contributed by atoms with Crippen molar-refractivity contribution in [1.29, 1.82) is 0 Å². The summed E-state index contributed by atoms with van der Waals surface area (Å²) < 4.78 is 14.1. The van der Waals surface area contributed by atoms with Crippen LogP contribution in [0.2, 0.25) is 0 Å². The number of allylic oxidation sites excluding steroid dienone is 4. The van der Waals surface area contributed by atoms with Crippen LogP contribution >= 0.6 is 7.14 Å². The average molecular weight is 336 g/mol. The molecule has 1 aliphatic rings. The van der Waals surface area contributed by atoms with E-state index in [0.717, 1.165) is 11.1 Å². The molecule has 3 heteroatoms. The summed E-state index contributed by atoms with van der Waals surface area (Å²) in [6.45, 7) is 3.82. The van der Waals surface area contributed by atoms with Crippen molar-refractivity contribution in [1.82, 2.24) is 0 Å². The van der Waals surface area contributed by atoms with Crippen molar-refractivity contribution in [3.8, 4) is 0 Å². The van der Waals surface area contributed by atoms with E-state index in [2.05, 4.69) is 0 Å². The van der Waals surface area contributed by atoms with Gasteiger partial charge in [-0.1, -0.05) is 72.8 Å². The van der Waals surface area contributed by atoms with Crippen LogP contribution in [0.5, 0.6) is 0 Å². The van der Waals surface area contributed by atoms with Gasteiger partial charge in [0.2, 0.25) is 5.52 Å². The topological polar surface area (TPSA) is 34.1 Å². The van der Waals surface area contributed by atoms with Crippen LogP contribution in [0.1, 0.15) is 27.9 Å². The van der Waals surface area contributed by atoms with E-state index >= 15 is 0 Å². The zero-order valence-electron chi connectivity index (χ0n) is 14.0. The van der Waals surface area contributed by atoms with Crippen molar-refractivity contribution in [2.45, 2.75) is 25.9 Å². The van der Waals surface area contributed by atoms with E-state index in [1.807, 2.05) is 86.7 Å². The second kappa shape index (κ2) is 6.75. The van der Waals surface area contributed by atoms with Crippen LogP contribution in [0, 0.1) is 13.8 Å². The Labute approximate surface area is 143 Å². The fraction of sp³-hybridized carbons (Fsp3) is 0.190. The molecule has 0 spiro atoms. The van der Waals surface area contributed by atoms with Crippen LogP contribution < -0.4 is 5.30 Å². The maximum absolute atomic E-state index is 14.1. The summed E-state index contributed by atoms with van der Waals surface area (Å²) in [5.74, 6) is 0. The SMILES string of the molecule is Cc1cccc(C)c1C(=O)P(=O)(c1ccccc1)C1C=CC=CC1. The Hall–Kier alpha value is -2.18. The Morgan fingerprint density at radius 3 is 2.21 bits per heavy atom. The molecule has 0 heterocycles. The molecule has 2 atom stereocenters. The molecule has 0 saturated carbocycles. The van der Waals surface area contributed by atoms with Crippen molar-refractivity contribution in [3.05, 3.63) is 89.5 Å². The van der Waals surface area contributed by atoms with Gasteiger partial charge in [-0.3, -0.25) is 4.79 Å². The maximum Gasteiger partial charge on any atom is 0.226 e. The molecule has 3 rings (SSSR count). The molecule has 0 fully saturated rings. The van der Waals surface area contributed by atoms with Crippen LogP contribution in [0.3, 0.4) is 0 Å². The van der Waals surface area contributed by atoms with E-state index in [-0.39, 0.29) is 11.2 Å². The van der Waals surface area contributed by atoms with Crippen molar-refractivity contribution < 1.29 is 9.36 Å². The van der Waals surface area contributed by atoms with Gasteiger partial charge in [0.15, 0.2) is 7.14 Å². The van der Waals surface area contributed by atoms with E-state index in [4.69, 9.17) is 0 Å². The highest BCUT2D eigenvalue weighted by Crippen LogP contribution is 2.55. The monoisotopic (exact) mass is 336 g/mol. The van der Waals surface area contributed by atoms with Gasteiger partial charge in [-0.05, 0) is 31.4 Å². The summed E-state index contributed by atoms with van der Waals surface area (Å²) in [5, 5.41) is 0.641. The number of carbonyl (C=O) groups is 1. The number of hydrogen-bond acceptors (Lipinski definition) is 2. The summed E-state index contributed by atoms with van der Waals surface area (Å²) in [7, 11) is -3.29. The summed E-state index contributed by atoms with van der Waals surface area (Å²) in [5.41, 5.74) is 1.86. The molecule has 2 unspecified atom stereocenters. The van der Waals surface area contributed by atoms with Crippen molar-refractivity contribution in [2.75, 3.05) is 0 Å². The number of carbonyl (C=O) groups excluding carboxylic acids is 1. The van der Waals surface area contributed by atoms with Crippen LogP contribution in [0.15, 0.2) is 72.8 Å². The highest BCUT2D eigenvalue weighted by molar-refractivity contribution is 7.88. The largest absolute Gasteiger partial charge is 0.310 e. The summed E-state index contributed by atoms with van der Waals surface area (Å²) >= 11 is 0. The number of rotatable bonds is 4. The van der Waals surface area contributed by atoms with Gasteiger partial charge >= 0.3 is 0 Å². The highest BCUT2D eigenvalue weighted by atomic mass is 31.2. The average Bonchev–Trinajstić information content (AvgIpc) is 2.62. The Balaban J connectivity index is 2.19. The van der Waals surface area contributed by atoms with E-state index in [1.165, 1.54) is 0 Å². The maximum atomic E-state index is 14.1. The van der Waals surface area contributed by atoms with E-state index in [9.17, 15) is 9.36 Å². The molecule has 1 aliphatic carbocycles. The van der Waals surface area contributed by atoms with Crippen molar-refractivity contribution in [3.63, 3.8) is 0 Å². The predicted octanol–water partition coefficient (Wildman–Crippen LogP) is 5.02. The minimum atomic E-state index is -3.29. The smallest absolute Gasteiger partial charge is 0.226 e. The second-order valence-corrected chi connectivity index (χ2v) is 9.08. The van der Waals surface area contributed by atoms with Gasteiger partial charge in [0.25, 0.3) is 0 Å². The molecule has 2 aromatic rings. The van der Waals surface area contributed by atoms with E-state index < -0.39 is 7.14 Å². The predicted molar refractivity (Wildman–Crippen MR) is 101 cm³/mol. The third-order valence-corrected chi connectivity index (χ3v) is 7.77. The lowest BCUT2D eigenvalue weighted by atomic mass is 10.0. The molecular formula is C21H21O2P. The number of hydrogen-bond donors (Lipinski definition) is 0. The zero-order valence-corrected chi connectivity index (χ0v) is 14.9. The van der Waals surface area contributed by atoms with Gasteiger partial charge < -0.3 is 4.57 Å². The van der Waals surface area contributed by atoms with Crippen LogP contribution in [-0.4, -0.2) is 11.2 Å². The van der Waals surface area contributed by atoms with Crippen LogP contribution in [0.25, 0.3) is 0 Å². The van der Waals surface area contributed by atoms with Gasteiger partial charge in [-0.25, -0.2) is 0 Å². The second-order valence-electron chi connectivity index (χ2n) is 6.18. The van der Waals surface area contributed by atoms with Gasteiger partial charge in [-0.2, -0.15) is 0 Å². The van der Waals surface area contributed by atoms with E-state index in [1.54, 1.807) is 0 Å². The Bertz CT molecular complexity index is 842. The first-order valence-corrected chi connectivity index (χ1v) is 9.92. The van der Waals surface area contributed by atoms with Gasteiger partial charge in [0.1, 0.15) is 0 Å². The third kappa shape index (κ3) is 2.83. The minimum Gasteiger partial charge on any atom is -0.310 e. The summed E-state index contributed by atoms with van der Waals surface area (Å²) in [4.78, 5) is 13.5. The molecule has 24 heavy (non-hydrogen) atoms. The molecule has 0 aliphatic heterocycles. The Morgan fingerprint density at radius 2 is 1.62 bits per heavy atom. The molecule has 0 saturated heterocycles. The lowest BCUT2D eigenvalue weighted by Gasteiger charge is -2.26. The molecule has 0 aromatic heterocycles. The molecule has 2 aromatic carbocycles. The fourth-order valence-electron chi connectivity index (χ4n) is 3.26. The van der Waals surface area contributed by atoms with Crippen molar-refractivity contribution in [2.24, 2.45) is 0 Å². The van der Waals surface area contributed by atoms with Crippen LogP contribution in [-0.2, 0) is 4.57 Å². The quantitative estimate of drug-likeness (QED) is 0.735. The molecule has 0 amide bonds. The highest BCUT2D eigenvalue weighted by Gasteiger charge is 2.41. The molecular weight excluding hydrogens is 315 g/mol. The number of benzene rings is 2. The molecule has 0 N–H and O–H groups in total. The van der Waals surface area contributed by atoms with Gasteiger partial charge in [0.05, 0.1) is 0 Å². The van der Waals surface area contributed by atoms with Gasteiger partial charge in [-0.15, -0.1) is 0 Å². The molecule has 122 valence electrons. The Kier molecular flexibility index (Phi) is 4.69. The number of aryl methyl sites for hydroxylation is 2. The molecule has 0 radical (unpaired) electrons. The van der Waals surface area contributed by atoms with Crippen molar-refractivity contribution >= 4 is 18.0 Å². The summed E-state index contributed by atoms with van der Waals surface area (Å²) in [6.07, 6.45) is 8.36.